The average molecular weight is 881 g/mol. The monoisotopic (exact) mass is 880 g/mol. The van der Waals surface area contributed by atoms with Crippen LogP contribution in [0.4, 0.5) is 17.1 Å². The van der Waals surface area contributed by atoms with Gasteiger partial charge in [-0.25, -0.2) is 0 Å². The molecule has 2 aromatic heterocycles. The molecule has 69 heavy (non-hydrogen) atoms. The van der Waals surface area contributed by atoms with E-state index in [0.29, 0.717) is 0 Å². The lowest BCUT2D eigenvalue weighted by atomic mass is 9.97. The molecule has 0 aliphatic rings. The molecule has 2 heterocycles. The molecule has 3 heteroatoms. The molecule has 0 N–H and O–H groups in total. The van der Waals surface area contributed by atoms with Crippen LogP contribution in [0.1, 0.15) is 0 Å². The van der Waals surface area contributed by atoms with E-state index in [0.717, 1.165) is 72.5 Å². The molecule has 0 spiro atoms. The van der Waals surface area contributed by atoms with Crippen LogP contribution in [0.5, 0.6) is 0 Å². The van der Waals surface area contributed by atoms with E-state index in [4.69, 9.17) is 4.42 Å². The topological polar surface area (TPSA) is 21.3 Å². The fraction of sp³-hybridized carbons (Fsp3) is 0. The molecular formula is C66H44N2O. The Balaban J connectivity index is 0.836. The standard InChI is InChI=1S/C66H44N2O/c1-2-13-45(14-3-1)46-29-31-51(32-30-46)56-15-4-8-20-61(56)67(54-43-37-52(38-44-54)57-19-12-24-65-66(57)60-18-7-11-23-64(60)69-65)53-39-33-49(34-40-53)47-25-27-48(28-26-47)50-35-41-55(42-36-50)68-62-21-9-5-16-58(62)59-17-6-10-22-63(59)68/h1-44H. The van der Waals surface area contributed by atoms with Gasteiger partial charge in [0.1, 0.15) is 11.2 Å². The van der Waals surface area contributed by atoms with Crippen molar-refractivity contribution in [2.24, 2.45) is 0 Å². The Kier molecular flexibility index (Phi) is 9.84. The summed E-state index contributed by atoms with van der Waals surface area (Å²) in [4.78, 5) is 2.38. The Morgan fingerprint density at radius 3 is 1.29 bits per heavy atom. The zero-order valence-electron chi connectivity index (χ0n) is 37.7. The summed E-state index contributed by atoms with van der Waals surface area (Å²) in [7, 11) is 0. The van der Waals surface area contributed by atoms with Gasteiger partial charge < -0.3 is 13.9 Å². The molecule has 0 unspecified atom stereocenters. The second-order valence-corrected chi connectivity index (χ2v) is 17.7. The van der Waals surface area contributed by atoms with Gasteiger partial charge in [0, 0.05) is 44.2 Å². The predicted molar refractivity (Wildman–Crippen MR) is 290 cm³/mol. The molecule has 0 saturated heterocycles. The number of furan rings is 1. The zero-order valence-corrected chi connectivity index (χ0v) is 37.7. The van der Waals surface area contributed by atoms with E-state index >= 15 is 0 Å². The molecule has 13 aromatic rings. The summed E-state index contributed by atoms with van der Waals surface area (Å²) in [5.74, 6) is 0. The van der Waals surface area contributed by atoms with Crippen molar-refractivity contribution in [3.05, 3.63) is 267 Å². The van der Waals surface area contributed by atoms with Crippen LogP contribution in [0.2, 0.25) is 0 Å². The van der Waals surface area contributed by atoms with E-state index < -0.39 is 0 Å². The van der Waals surface area contributed by atoms with Crippen molar-refractivity contribution in [2.75, 3.05) is 4.90 Å². The Labute approximate surface area is 401 Å². The second kappa shape index (κ2) is 16.9. The molecule has 0 amide bonds. The summed E-state index contributed by atoms with van der Waals surface area (Å²) in [5, 5.41) is 4.80. The molecule has 0 atom stereocenters. The fourth-order valence-corrected chi connectivity index (χ4v) is 10.3. The smallest absolute Gasteiger partial charge is 0.136 e. The highest BCUT2D eigenvalue weighted by molar-refractivity contribution is 6.12. The van der Waals surface area contributed by atoms with Gasteiger partial charge in [-0.3, -0.25) is 0 Å². The minimum Gasteiger partial charge on any atom is -0.456 e. The van der Waals surface area contributed by atoms with Crippen LogP contribution in [-0.4, -0.2) is 4.57 Å². The summed E-state index contributed by atoms with van der Waals surface area (Å²) < 4.78 is 8.64. The zero-order chi connectivity index (χ0) is 45.7. The summed E-state index contributed by atoms with van der Waals surface area (Å²) in [6.45, 7) is 0. The first-order chi connectivity index (χ1) is 34.2. The summed E-state index contributed by atoms with van der Waals surface area (Å²) in [6, 6.07) is 96.0. The van der Waals surface area contributed by atoms with Crippen LogP contribution in [0, 0.1) is 0 Å². The maximum Gasteiger partial charge on any atom is 0.136 e. The summed E-state index contributed by atoms with van der Waals surface area (Å²) >= 11 is 0. The van der Waals surface area contributed by atoms with Crippen molar-refractivity contribution < 1.29 is 4.42 Å². The number of fused-ring (bicyclic) bond motifs is 6. The maximum atomic E-state index is 6.28. The normalized spacial score (nSPS) is 11.5. The van der Waals surface area contributed by atoms with Gasteiger partial charge in [0.05, 0.1) is 16.7 Å². The first-order valence-corrected chi connectivity index (χ1v) is 23.6. The number of hydrogen-bond acceptors (Lipinski definition) is 2. The predicted octanol–water partition coefficient (Wildman–Crippen LogP) is 18.5. The Bertz CT molecular complexity index is 3910. The first-order valence-electron chi connectivity index (χ1n) is 23.6. The summed E-state index contributed by atoms with van der Waals surface area (Å²) in [6.07, 6.45) is 0. The molecule has 0 fully saturated rings. The largest absolute Gasteiger partial charge is 0.456 e. The van der Waals surface area contributed by atoms with Crippen molar-refractivity contribution in [2.45, 2.75) is 0 Å². The van der Waals surface area contributed by atoms with Gasteiger partial charge in [0.15, 0.2) is 0 Å². The van der Waals surface area contributed by atoms with Crippen molar-refractivity contribution >= 4 is 60.8 Å². The number of anilines is 3. The minimum atomic E-state index is 0.895. The van der Waals surface area contributed by atoms with Crippen LogP contribution in [0.25, 0.3) is 105 Å². The lowest BCUT2D eigenvalue weighted by molar-refractivity contribution is 0.669. The van der Waals surface area contributed by atoms with Crippen LogP contribution >= 0.6 is 0 Å². The third-order valence-corrected chi connectivity index (χ3v) is 13.7. The third-order valence-electron chi connectivity index (χ3n) is 13.7. The highest BCUT2D eigenvalue weighted by Crippen LogP contribution is 2.44. The number of rotatable bonds is 9. The van der Waals surface area contributed by atoms with Crippen molar-refractivity contribution in [1.29, 1.82) is 0 Å². The highest BCUT2D eigenvalue weighted by atomic mass is 16.3. The van der Waals surface area contributed by atoms with Gasteiger partial charge in [-0.1, -0.05) is 200 Å². The Morgan fingerprint density at radius 1 is 0.275 bits per heavy atom. The molecule has 3 nitrogen and oxygen atoms in total. The van der Waals surface area contributed by atoms with Crippen molar-refractivity contribution in [3.63, 3.8) is 0 Å². The van der Waals surface area contributed by atoms with Gasteiger partial charge in [-0.2, -0.15) is 0 Å². The van der Waals surface area contributed by atoms with Crippen molar-refractivity contribution in [1.82, 2.24) is 4.57 Å². The number of nitrogens with zero attached hydrogens (tertiary/aromatic N) is 2. The van der Waals surface area contributed by atoms with Gasteiger partial charge in [0.25, 0.3) is 0 Å². The van der Waals surface area contributed by atoms with Crippen LogP contribution in [0.3, 0.4) is 0 Å². The Morgan fingerprint density at radius 2 is 0.681 bits per heavy atom. The quantitative estimate of drug-likeness (QED) is 0.144. The van der Waals surface area contributed by atoms with Gasteiger partial charge in [-0.15, -0.1) is 0 Å². The van der Waals surface area contributed by atoms with Crippen LogP contribution in [0.15, 0.2) is 271 Å². The molecule has 0 aliphatic heterocycles. The number of aromatic nitrogens is 1. The average Bonchev–Trinajstić information content (AvgIpc) is 3.98. The minimum absolute atomic E-state index is 0.895. The number of hydrogen-bond donors (Lipinski definition) is 0. The van der Waals surface area contributed by atoms with Crippen LogP contribution < -0.4 is 4.90 Å². The molecule has 0 radical (unpaired) electrons. The lowest BCUT2D eigenvalue weighted by Gasteiger charge is -2.28. The molecule has 0 bridgehead atoms. The van der Waals surface area contributed by atoms with E-state index in [1.807, 2.05) is 12.1 Å². The van der Waals surface area contributed by atoms with E-state index in [9.17, 15) is 0 Å². The van der Waals surface area contributed by atoms with Crippen molar-refractivity contribution in [3.8, 4) is 61.3 Å². The van der Waals surface area contributed by atoms with Gasteiger partial charge in [0.2, 0.25) is 0 Å². The number of benzene rings is 11. The molecule has 13 rings (SSSR count). The highest BCUT2D eigenvalue weighted by Gasteiger charge is 2.19. The molecule has 0 aliphatic carbocycles. The third kappa shape index (κ3) is 7.16. The van der Waals surface area contributed by atoms with E-state index in [1.54, 1.807) is 0 Å². The molecule has 324 valence electrons. The molecule has 11 aromatic carbocycles. The van der Waals surface area contributed by atoms with Gasteiger partial charge in [-0.05, 0) is 117 Å². The van der Waals surface area contributed by atoms with Gasteiger partial charge >= 0.3 is 0 Å². The van der Waals surface area contributed by atoms with E-state index in [2.05, 4.69) is 264 Å². The van der Waals surface area contributed by atoms with E-state index in [1.165, 1.54) is 49.6 Å². The van der Waals surface area contributed by atoms with E-state index in [-0.39, 0.29) is 0 Å². The fourth-order valence-electron chi connectivity index (χ4n) is 10.3. The summed E-state index contributed by atoms with van der Waals surface area (Å²) in [5.41, 5.74) is 20.3. The molecular weight excluding hydrogens is 837 g/mol. The van der Waals surface area contributed by atoms with Crippen LogP contribution in [-0.2, 0) is 0 Å². The molecule has 0 saturated carbocycles. The SMILES string of the molecule is c1ccc(-c2ccc(-c3ccccc3N(c3ccc(-c4ccc(-c5ccc(-n6c7ccccc7c7ccccc76)cc5)cc4)cc3)c3ccc(-c4cccc5oc6ccccc6c45)cc3)cc2)cc1. The second-order valence-electron chi connectivity index (χ2n) is 17.7. The maximum absolute atomic E-state index is 6.28. The first kappa shape index (κ1) is 40.1. The lowest BCUT2D eigenvalue weighted by Crippen LogP contribution is -2.11. The Hall–Kier alpha value is -9.18. The number of para-hydroxylation sites is 4.